The van der Waals surface area contributed by atoms with E-state index in [0.29, 0.717) is 6.61 Å². The van der Waals surface area contributed by atoms with Crippen molar-refractivity contribution in [3.8, 4) is 0 Å². The molecule has 2 aromatic carbocycles. The molecule has 2 aromatic rings. The first-order valence-corrected chi connectivity index (χ1v) is 11.3. The van der Waals surface area contributed by atoms with Gasteiger partial charge in [-0.3, -0.25) is 0 Å². The van der Waals surface area contributed by atoms with E-state index >= 15 is 0 Å². The van der Waals surface area contributed by atoms with Gasteiger partial charge in [-0.25, -0.2) is 0 Å². The van der Waals surface area contributed by atoms with Crippen molar-refractivity contribution in [2.75, 3.05) is 13.7 Å². The van der Waals surface area contributed by atoms with Crippen LogP contribution in [0.3, 0.4) is 0 Å². The average Bonchev–Trinajstić information content (AvgIpc) is 2.63. The summed E-state index contributed by atoms with van der Waals surface area (Å²) in [7, 11) is -1.03. The molecule has 0 radical (unpaired) electrons. The summed E-state index contributed by atoms with van der Waals surface area (Å²) in [6.07, 6.45) is 0.366. The lowest BCUT2D eigenvalue weighted by Crippen LogP contribution is -2.67. The normalized spacial score (nSPS) is 14.0. The number of benzene rings is 2. The molecule has 0 fully saturated rings. The lowest BCUT2D eigenvalue weighted by atomic mass is 9.88. The number of hydrogen-bond acceptors (Lipinski definition) is 3. The summed E-state index contributed by atoms with van der Waals surface area (Å²) in [5.74, 6) is 0. The minimum absolute atomic E-state index is 0.0878. The van der Waals surface area contributed by atoms with Crippen LogP contribution in [0.25, 0.3) is 0 Å². The SMILES string of the molecule is CO[C@H](C=O)C(C)(C)CO[Si](c1ccccc1)(c1ccccc1)C(C)(C)C. The molecule has 0 saturated heterocycles. The van der Waals surface area contributed by atoms with Gasteiger partial charge in [-0.2, -0.15) is 0 Å². The molecule has 0 aromatic heterocycles. The maximum Gasteiger partial charge on any atom is 0.261 e. The second-order valence-corrected chi connectivity index (χ2v) is 13.0. The fourth-order valence-electron chi connectivity index (χ4n) is 3.70. The van der Waals surface area contributed by atoms with Crippen LogP contribution in [-0.4, -0.2) is 34.4 Å². The number of carbonyl (C=O) groups excluding carboxylic acids is 1. The molecule has 3 nitrogen and oxygen atoms in total. The molecule has 4 heteroatoms. The van der Waals surface area contributed by atoms with Crippen LogP contribution in [0.15, 0.2) is 60.7 Å². The Morgan fingerprint density at radius 3 is 1.67 bits per heavy atom. The first kappa shape index (κ1) is 21.5. The molecular formula is C23H32O3Si. The summed E-state index contributed by atoms with van der Waals surface area (Å²) < 4.78 is 12.3. The number of aldehydes is 1. The fraction of sp³-hybridized carbons (Fsp3) is 0.435. The Balaban J connectivity index is 2.58. The number of hydrogen-bond donors (Lipinski definition) is 0. The molecule has 27 heavy (non-hydrogen) atoms. The highest BCUT2D eigenvalue weighted by atomic mass is 28.4. The van der Waals surface area contributed by atoms with Gasteiger partial charge in [0.1, 0.15) is 12.4 Å². The van der Waals surface area contributed by atoms with Crippen molar-refractivity contribution in [3.05, 3.63) is 60.7 Å². The molecule has 1 atom stereocenters. The summed E-state index contributed by atoms with van der Waals surface area (Å²) in [4.78, 5) is 11.5. The molecule has 146 valence electrons. The third kappa shape index (κ3) is 4.40. The van der Waals surface area contributed by atoms with Gasteiger partial charge >= 0.3 is 0 Å². The summed E-state index contributed by atoms with van der Waals surface area (Å²) in [5, 5.41) is 2.38. The van der Waals surface area contributed by atoms with Crippen LogP contribution >= 0.6 is 0 Å². The van der Waals surface area contributed by atoms with E-state index in [9.17, 15) is 4.79 Å². The zero-order chi connectivity index (χ0) is 20.1. The van der Waals surface area contributed by atoms with Crippen LogP contribution in [0.2, 0.25) is 5.04 Å². The van der Waals surface area contributed by atoms with Gasteiger partial charge in [0, 0.05) is 19.1 Å². The van der Waals surface area contributed by atoms with Gasteiger partial charge in [0.05, 0.1) is 0 Å². The third-order valence-electron chi connectivity index (χ3n) is 5.23. The molecule has 0 aliphatic rings. The highest BCUT2D eigenvalue weighted by Gasteiger charge is 2.51. The Hall–Kier alpha value is -1.75. The van der Waals surface area contributed by atoms with Gasteiger partial charge in [0.2, 0.25) is 0 Å². The number of ether oxygens (including phenoxy) is 1. The Bertz CT molecular complexity index is 681. The molecule has 2 rings (SSSR count). The van der Waals surface area contributed by atoms with Crippen LogP contribution in [0.4, 0.5) is 0 Å². The van der Waals surface area contributed by atoms with Crippen LogP contribution in [0, 0.1) is 5.41 Å². The smallest absolute Gasteiger partial charge is 0.261 e. The minimum Gasteiger partial charge on any atom is -0.407 e. The van der Waals surface area contributed by atoms with Crippen molar-refractivity contribution >= 4 is 25.0 Å². The summed E-state index contributed by atoms with van der Waals surface area (Å²) in [5.41, 5.74) is -0.427. The molecule has 0 amide bonds. The van der Waals surface area contributed by atoms with Gasteiger partial charge in [-0.15, -0.1) is 0 Å². The van der Waals surface area contributed by atoms with E-state index < -0.39 is 19.8 Å². The van der Waals surface area contributed by atoms with E-state index in [0.717, 1.165) is 6.29 Å². The van der Waals surface area contributed by atoms with Gasteiger partial charge in [-0.1, -0.05) is 95.3 Å². The van der Waals surface area contributed by atoms with Crippen LogP contribution < -0.4 is 10.4 Å². The molecule has 0 aliphatic carbocycles. The second-order valence-electron chi connectivity index (χ2n) is 8.73. The molecule has 0 N–H and O–H groups in total. The standard InChI is InChI=1S/C23H32O3Si/c1-22(2,3)27(19-13-9-7-10-14-19,20-15-11-8-12-16-20)26-18-23(4,5)21(17-24)25-6/h7-17,21H,18H2,1-6H3/t21-/m1/s1. The zero-order valence-electron chi connectivity index (χ0n) is 17.4. The van der Waals surface area contributed by atoms with Crippen LogP contribution in [0.1, 0.15) is 34.6 Å². The van der Waals surface area contributed by atoms with Gasteiger partial charge in [0.15, 0.2) is 0 Å². The van der Waals surface area contributed by atoms with Crippen molar-refractivity contribution in [3.63, 3.8) is 0 Å². The number of carbonyl (C=O) groups is 1. The van der Waals surface area contributed by atoms with Crippen LogP contribution in [-0.2, 0) is 14.0 Å². The van der Waals surface area contributed by atoms with E-state index in [2.05, 4.69) is 69.3 Å². The second kappa shape index (κ2) is 8.51. The van der Waals surface area contributed by atoms with E-state index in [4.69, 9.17) is 9.16 Å². The Morgan fingerprint density at radius 2 is 1.33 bits per heavy atom. The van der Waals surface area contributed by atoms with Crippen molar-refractivity contribution in [1.29, 1.82) is 0 Å². The highest BCUT2D eigenvalue weighted by molar-refractivity contribution is 6.99. The van der Waals surface area contributed by atoms with Crippen molar-refractivity contribution in [2.45, 2.75) is 45.8 Å². The first-order chi connectivity index (χ1) is 12.7. The lowest BCUT2D eigenvalue weighted by Gasteiger charge is -2.45. The summed E-state index contributed by atoms with van der Waals surface area (Å²) in [6, 6.07) is 21.0. The van der Waals surface area contributed by atoms with Crippen LogP contribution in [0.5, 0.6) is 0 Å². The molecule has 0 unspecified atom stereocenters. The highest BCUT2D eigenvalue weighted by Crippen LogP contribution is 2.38. The maximum absolute atomic E-state index is 11.5. The van der Waals surface area contributed by atoms with E-state index in [1.165, 1.54) is 10.4 Å². The first-order valence-electron chi connectivity index (χ1n) is 9.42. The molecule has 0 saturated carbocycles. The quantitative estimate of drug-likeness (QED) is 0.513. The predicted octanol–water partition coefficient (Wildman–Crippen LogP) is 3.80. The molecular weight excluding hydrogens is 352 g/mol. The predicted molar refractivity (Wildman–Crippen MR) is 114 cm³/mol. The summed E-state index contributed by atoms with van der Waals surface area (Å²) >= 11 is 0. The molecule has 0 spiro atoms. The topological polar surface area (TPSA) is 35.5 Å². The van der Waals surface area contributed by atoms with E-state index in [-0.39, 0.29) is 5.04 Å². The largest absolute Gasteiger partial charge is 0.407 e. The zero-order valence-corrected chi connectivity index (χ0v) is 18.4. The number of methoxy groups -OCH3 is 1. The van der Waals surface area contributed by atoms with Gasteiger partial charge in [-0.05, 0) is 15.4 Å². The number of rotatable bonds is 8. The van der Waals surface area contributed by atoms with Crippen molar-refractivity contribution in [2.24, 2.45) is 5.41 Å². The molecule has 0 heterocycles. The van der Waals surface area contributed by atoms with E-state index in [1.807, 2.05) is 26.0 Å². The lowest BCUT2D eigenvalue weighted by molar-refractivity contribution is -0.124. The summed E-state index contributed by atoms with van der Waals surface area (Å²) in [6.45, 7) is 11.2. The van der Waals surface area contributed by atoms with E-state index in [1.54, 1.807) is 7.11 Å². The van der Waals surface area contributed by atoms with Crippen molar-refractivity contribution < 1.29 is 14.0 Å². The third-order valence-corrected chi connectivity index (χ3v) is 10.2. The maximum atomic E-state index is 11.5. The Kier molecular flexibility index (Phi) is 6.79. The van der Waals surface area contributed by atoms with Gasteiger partial charge in [0.25, 0.3) is 8.32 Å². The van der Waals surface area contributed by atoms with Gasteiger partial charge < -0.3 is 14.0 Å². The molecule has 0 bridgehead atoms. The van der Waals surface area contributed by atoms with Crippen molar-refractivity contribution in [1.82, 2.24) is 0 Å². The monoisotopic (exact) mass is 384 g/mol. The Morgan fingerprint density at radius 1 is 0.889 bits per heavy atom. The molecule has 0 aliphatic heterocycles. The average molecular weight is 385 g/mol. The minimum atomic E-state index is -2.60. The fourth-order valence-corrected chi connectivity index (χ4v) is 8.44. The Labute approximate surface area is 164 Å².